The van der Waals surface area contributed by atoms with E-state index in [4.69, 9.17) is 0 Å². The third-order valence-corrected chi connectivity index (χ3v) is 4.13. The van der Waals surface area contributed by atoms with Gasteiger partial charge in [0.2, 0.25) is 5.91 Å². The Labute approximate surface area is 151 Å². The first-order chi connectivity index (χ1) is 12.4. The molecule has 0 atom stereocenters. The Morgan fingerprint density at radius 1 is 1.08 bits per heavy atom. The molecule has 0 aliphatic rings. The summed E-state index contributed by atoms with van der Waals surface area (Å²) in [6.07, 6.45) is 0. The van der Waals surface area contributed by atoms with Crippen molar-refractivity contribution in [3.8, 4) is 11.3 Å². The predicted molar refractivity (Wildman–Crippen MR) is 96.2 cm³/mol. The molecule has 0 bridgehead atoms. The lowest BCUT2D eigenvalue weighted by atomic mass is 10.1. The molecule has 132 valence electrons. The van der Waals surface area contributed by atoms with Gasteiger partial charge in [-0.1, -0.05) is 6.07 Å². The molecule has 0 fully saturated rings. The number of anilines is 2. The monoisotopic (exact) mass is 373 g/mol. The predicted octanol–water partition coefficient (Wildman–Crippen LogP) is 4.30. The summed E-state index contributed by atoms with van der Waals surface area (Å²) in [5.74, 6) is -1.87. The van der Waals surface area contributed by atoms with Crippen molar-refractivity contribution in [2.24, 2.45) is 0 Å². The first-order valence-corrected chi connectivity index (χ1v) is 8.40. The van der Waals surface area contributed by atoms with E-state index in [0.29, 0.717) is 11.4 Å². The number of benzene rings is 2. The maximum absolute atomic E-state index is 14.3. The van der Waals surface area contributed by atoms with E-state index < -0.39 is 17.5 Å². The smallest absolute Gasteiger partial charge is 0.257 e. The molecule has 1 aromatic heterocycles. The van der Waals surface area contributed by atoms with E-state index >= 15 is 0 Å². The van der Waals surface area contributed by atoms with Crippen molar-refractivity contribution in [1.29, 1.82) is 0 Å². The minimum atomic E-state index is -0.551. The zero-order valence-corrected chi connectivity index (χ0v) is 14.4. The molecular formula is C18H13F2N3O2S. The number of halogens is 2. The normalized spacial score (nSPS) is 10.4. The van der Waals surface area contributed by atoms with Gasteiger partial charge in [0, 0.05) is 29.1 Å². The van der Waals surface area contributed by atoms with Crippen molar-refractivity contribution in [2.75, 3.05) is 10.6 Å². The molecule has 2 amide bonds. The van der Waals surface area contributed by atoms with Gasteiger partial charge >= 0.3 is 0 Å². The van der Waals surface area contributed by atoms with Crippen LogP contribution in [0.2, 0.25) is 0 Å². The summed E-state index contributed by atoms with van der Waals surface area (Å²) in [7, 11) is 0. The van der Waals surface area contributed by atoms with Crippen molar-refractivity contribution < 1.29 is 18.4 Å². The van der Waals surface area contributed by atoms with Crippen molar-refractivity contribution in [3.63, 3.8) is 0 Å². The van der Waals surface area contributed by atoms with Gasteiger partial charge in [0.15, 0.2) is 5.13 Å². The number of rotatable bonds is 4. The van der Waals surface area contributed by atoms with E-state index in [-0.39, 0.29) is 22.2 Å². The first-order valence-electron chi connectivity index (χ1n) is 7.52. The Bertz CT molecular complexity index is 988. The van der Waals surface area contributed by atoms with Crippen molar-refractivity contribution in [2.45, 2.75) is 6.92 Å². The van der Waals surface area contributed by atoms with Crippen LogP contribution in [0.5, 0.6) is 0 Å². The van der Waals surface area contributed by atoms with Gasteiger partial charge in [0.1, 0.15) is 11.6 Å². The maximum atomic E-state index is 14.3. The molecule has 2 aromatic carbocycles. The average Bonchev–Trinajstić information content (AvgIpc) is 3.02. The summed E-state index contributed by atoms with van der Waals surface area (Å²) in [5, 5.41) is 6.91. The molecule has 3 rings (SSSR count). The highest BCUT2D eigenvalue weighted by atomic mass is 32.1. The summed E-state index contributed by atoms with van der Waals surface area (Å²) < 4.78 is 27.4. The molecule has 0 unspecified atom stereocenters. The van der Waals surface area contributed by atoms with Crippen LogP contribution in [-0.4, -0.2) is 16.8 Å². The lowest BCUT2D eigenvalue weighted by molar-refractivity contribution is -0.114. The highest BCUT2D eigenvalue weighted by molar-refractivity contribution is 7.14. The molecule has 2 N–H and O–H groups in total. The Hall–Kier alpha value is -3.13. The fraction of sp³-hybridized carbons (Fsp3) is 0.0556. The van der Waals surface area contributed by atoms with E-state index in [1.54, 1.807) is 11.4 Å². The van der Waals surface area contributed by atoms with Crippen LogP contribution in [-0.2, 0) is 4.79 Å². The topological polar surface area (TPSA) is 71.1 Å². The quantitative estimate of drug-likeness (QED) is 0.716. The van der Waals surface area contributed by atoms with Gasteiger partial charge in [-0.25, -0.2) is 13.8 Å². The van der Waals surface area contributed by atoms with Crippen molar-refractivity contribution in [3.05, 3.63) is 65.0 Å². The molecule has 0 spiro atoms. The second-order valence-electron chi connectivity index (χ2n) is 5.38. The number of thiazole rings is 1. The number of nitrogens with one attached hydrogen (secondary N) is 2. The third-order valence-electron chi connectivity index (χ3n) is 3.38. The molecule has 0 aliphatic carbocycles. The van der Waals surface area contributed by atoms with Crippen molar-refractivity contribution >= 4 is 34.0 Å². The summed E-state index contributed by atoms with van der Waals surface area (Å²) in [6.45, 7) is 1.33. The number of aromatic nitrogens is 1. The molecule has 0 aliphatic heterocycles. The number of hydrogen-bond donors (Lipinski definition) is 2. The SMILES string of the molecule is CC(=O)Nc1ccc(-c2csc(NC(=O)c3cccc(F)c3)n2)c(F)c1. The Morgan fingerprint density at radius 2 is 1.88 bits per heavy atom. The fourth-order valence-electron chi connectivity index (χ4n) is 2.26. The largest absolute Gasteiger partial charge is 0.326 e. The first kappa shape index (κ1) is 17.7. The van der Waals surface area contributed by atoms with Gasteiger partial charge in [0.05, 0.1) is 5.69 Å². The summed E-state index contributed by atoms with van der Waals surface area (Å²) >= 11 is 1.12. The van der Waals surface area contributed by atoms with Crippen LogP contribution in [0.4, 0.5) is 19.6 Å². The standard InChI is InChI=1S/C18H13F2N3O2S/c1-10(24)21-13-5-6-14(15(20)8-13)16-9-26-18(22-16)23-17(25)11-3-2-4-12(19)7-11/h2-9H,1H3,(H,21,24)(H,22,23,25). The second-order valence-corrected chi connectivity index (χ2v) is 6.24. The van der Waals surface area contributed by atoms with Gasteiger partial charge in [-0.2, -0.15) is 0 Å². The van der Waals surface area contributed by atoms with E-state index in [2.05, 4.69) is 15.6 Å². The lowest BCUT2D eigenvalue weighted by Crippen LogP contribution is -2.11. The van der Waals surface area contributed by atoms with E-state index in [1.807, 2.05) is 0 Å². The van der Waals surface area contributed by atoms with Crippen LogP contribution in [0.15, 0.2) is 47.8 Å². The Balaban J connectivity index is 1.77. The molecule has 0 saturated carbocycles. The summed E-state index contributed by atoms with van der Waals surface area (Å²) in [6, 6.07) is 9.52. The molecular weight excluding hydrogens is 360 g/mol. The third kappa shape index (κ3) is 4.09. The fourth-order valence-corrected chi connectivity index (χ4v) is 2.96. The van der Waals surface area contributed by atoms with Crippen LogP contribution in [0.1, 0.15) is 17.3 Å². The Kier molecular flexibility index (Phi) is 5.04. The number of carbonyl (C=O) groups is 2. The van der Waals surface area contributed by atoms with Crippen LogP contribution in [0, 0.1) is 11.6 Å². The van der Waals surface area contributed by atoms with Crippen LogP contribution < -0.4 is 10.6 Å². The highest BCUT2D eigenvalue weighted by Gasteiger charge is 2.13. The number of amides is 2. The zero-order valence-electron chi connectivity index (χ0n) is 13.5. The molecule has 0 radical (unpaired) electrons. The molecule has 0 saturated heterocycles. The molecule has 3 aromatic rings. The molecule has 8 heteroatoms. The number of carbonyl (C=O) groups excluding carboxylic acids is 2. The minimum absolute atomic E-state index is 0.160. The van der Waals surface area contributed by atoms with E-state index in [1.165, 1.54) is 37.3 Å². The van der Waals surface area contributed by atoms with Gasteiger partial charge < -0.3 is 5.32 Å². The number of nitrogens with zero attached hydrogens (tertiary/aromatic N) is 1. The van der Waals surface area contributed by atoms with E-state index in [0.717, 1.165) is 17.4 Å². The van der Waals surface area contributed by atoms with Gasteiger partial charge in [-0.05, 0) is 36.4 Å². The van der Waals surface area contributed by atoms with Gasteiger partial charge in [-0.3, -0.25) is 14.9 Å². The number of hydrogen-bond acceptors (Lipinski definition) is 4. The summed E-state index contributed by atoms with van der Waals surface area (Å²) in [4.78, 5) is 27.3. The zero-order chi connectivity index (χ0) is 18.7. The second kappa shape index (κ2) is 7.40. The molecule has 26 heavy (non-hydrogen) atoms. The molecule has 1 heterocycles. The minimum Gasteiger partial charge on any atom is -0.326 e. The van der Waals surface area contributed by atoms with Gasteiger partial charge in [-0.15, -0.1) is 11.3 Å². The lowest BCUT2D eigenvalue weighted by Gasteiger charge is -2.05. The highest BCUT2D eigenvalue weighted by Crippen LogP contribution is 2.29. The summed E-state index contributed by atoms with van der Waals surface area (Å²) in [5.41, 5.74) is 1.08. The van der Waals surface area contributed by atoms with Crippen LogP contribution in [0.3, 0.4) is 0 Å². The van der Waals surface area contributed by atoms with Crippen LogP contribution >= 0.6 is 11.3 Å². The van der Waals surface area contributed by atoms with E-state index in [9.17, 15) is 18.4 Å². The molecule has 5 nitrogen and oxygen atoms in total. The Morgan fingerprint density at radius 3 is 2.58 bits per heavy atom. The maximum Gasteiger partial charge on any atom is 0.257 e. The van der Waals surface area contributed by atoms with Gasteiger partial charge in [0.25, 0.3) is 5.91 Å². The van der Waals surface area contributed by atoms with Crippen molar-refractivity contribution in [1.82, 2.24) is 4.98 Å². The average molecular weight is 373 g/mol. The van der Waals surface area contributed by atoms with Crippen LogP contribution in [0.25, 0.3) is 11.3 Å².